The van der Waals surface area contributed by atoms with Crippen LogP contribution in [0.4, 0.5) is 0 Å². The van der Waals surface area contributed by atoms with Gasteiger partial charge < -0.3 is 9.47 Å². The summed E-state index contributed by atoms with van der Waals surface area (Å²) in [5.41, 5.74) is 5.68. The molecule has 2 rings (SSSR count). The number of hydrogen-bond donors (Lipinski definition) is 2. The van der Waals surface area contributed by atoms with Crippen LogP contribution in [0.5, 0.6) is 11.5 Å². The second-order valence-corrected chi connectivity index (χ2v) is 6.13. The molecule has 0 atom stereocenters. The Kier molecular flexibility index (Phi) is 7.34. The maximum Gasteiger partial charge on any atom is 0.283 e. The molecule has 140 valence electrons. The Hall–Kier alpha value is -2.68. The number of rotatable bonds is 8. The third-order valence-corrected chi connectivity index (χ3v) is 4.33. The summed E-state index contributed by atoms with van der Waals surface area (Å²) in [6, 6.07) is 4.85. The molecular weight excluding hydrogens is 356 g/mol. The molecule has 0 fully saturated rings. The van der Waals surface area contributed by atoms with Gasteiger partial charge in [0.15, 0.2) is 11.5 Å². The fourth-order valence-electron chi connectivity index (χ4n) is 2.11. The Morgan fingerprint density at radius 3 is 2.62 bits per heavy atom. The van der Waals surface area contributed by atoms with Crippen LogP contribution in [0.15, 0.2) is 18.2 Å². The van der Waals surface area contributed by atoms with Crippen molar-refractivity contribution in [3.8, 4) is 11.5 Å². The lowest BCUT2D eigenvalue weighted by Gasteiger charge is -2.12. The topological polar surface area (TPSA) is 102 Å². The molecule has 1 heterocycles. The monoisotopic (exact) mass is 378 g/mol. The van der Waals surface area contributed by atoms with Crippen molar-refractivity contribution in [3.63, 3.8) is 0 Å². The number of ether oxygens (including phenoxy) is 2. The predicted octanol–water partition coefficient (Wildman–Crippen LogP) is 2.36. The van der Waals surface area contributed by atoms with Crippen molar-refractivity contribution in [2.75, 3.05) is 13.7 Å². The van der Waals surface area contributed by atoms with Gasteiger partial charge in [-0.3, -0.25) is 20.4 Å². The minimum Gasteiger partial charge on any atom is -0.493 e. The van der Waals surface area contributed by atoms with Crippen molar-refractivity contribution in [3.05, 3.63) is 34.3 Å². The van der Waals surface area contributed by atoms with E-state index in [2.05, 4.69) is 27.4 Å². The third-order valence-electron chi connectivity index (χ3n) is 3.57. The van der Waals surface area contributed by atoms with Gasteiger partial charge in [-0.1, -0.05) is 24.8 Å². The zero-order valence-corrected chi connectivity index (χ0v) is 15.8. The van der Waals surface area contributed by atoms with Gasteiger partial charge in [-0.25, -0.2) is 0 Å². The second-order valence-electron chi connectivity index (χ2n) is 5.38. The van der Waals surface area contributed by atoms with Crippen LogP contribution >= 0.6 is 11.5 Å². The first-order chi connectivity index (χ1) is 12.6. The predicted molar refractivity (Wildman–Crippen MR) is 97.6 cm³/mol. The van der Waals surface area contributed by atoms with E-state index in [1.165, 1.54) is 7.11 Å². The van der Waals surface area contributed by atoms with Gasteiger partial charge in [0.2, 0.25) is 0 Å². The zero-order chi connectivity index (χ0) is 18.9. The van der Waals surface area contributed by atoms with Crippen LogP contribution in [0.2, 0.25) is 0 Å². The van der Waals surface area contributed by atoms with Crippen LogP contribution in [-0.4, -0.2) is 35.1 Å². The average Bonchev–Trinajstić information content (AvgIpc) is 3.15. The van der Waals surface area contributed by atoms with Crippen LogP contribution in [-0.2, 0) is 6.42 Å². The van der Waals surface area contributed by atoms with E-state index >= 15 is 0 Å². The quantitative estimate of drug-likeness (QED) is 0.540. The highest BCUT2D eigenvalue weighted by Gasteiger charge is 2.17. The second kappa shape index (κ2) is 9.71. The summed E-state index contributed by atoms with van der Waals surface area (Å²) in [6.07, 6.45) is 2.55. The normalized spacial score (nSPS) is 10.3. The third kappa shape index (κ3) is 4.92. The Morgan fingerprint density at radius 2 is 1.92 bits per heavy atom. The summed E-state index contributed by atoms with van der Waals surface area (Å²) in [6.45, 7) is 4.54. The molecule has 0 unspecified atom stereocenters. The summed E-state index contributed by atoms with van der Waals surface area (Å²) in [7, 11) is 1.51. The first-order valence-corrected chi connectivity index (χ1v) is 9.10. The van der Waals surface area contributed by atoms with Crippen molar-refractivity contribution in [1.82, 2.24) is 20.4 Å². The number of hydrazine groups is 1. The number of aryl methyl sites for hydroxylation is 1. The number of methoxy groups -OCH3 is 1. The Bertz CT molecular complexity index is 763. The molecule has 0 saturated carbocycles. The number of hydrogen-bond acceptors (Lipinski definition) is 7. The summed E-state index contributed by atoms with van der Waals surface area (Å²) in [4.78, 5) is 24.7. The number of amides is 2. The molecule has 0 aliphatic heterocycles. The van der Waals surface area contributed by atoms with E-state index in [9.17, 15) is 9.59 Å². The number of unbranched alkanes of at least 4 members (excludes halogenated alkanes) is 1. The molecule has 0 aliphatic carbocycles. The van der Waals surface area contributed by atoms with Crippen molar-refractivity contribution >= 4 is 23.3 Å². The van der Waals surface area contributed by atoms with Gasteiger partial charge in [-0.15, -0.1) is 5.10 Å². The highest BCUT2D eigenvalue weighted by atomic mass is 32.1. The lowest BCUT2D eigenvalue weighted by molar-refractivity contribution is 0.0848. The molecule has 2 aromatic rings. The minimum atomic E-state index is -0.465. The van der Waals surface area contributed by atoms with Gasteiger partial charge in [-0.05, 0) is 42.6 Å². The van der Waals surface area contributed by atoms with Crippen LogP contribution < -0.4 is 20.3 Å². The van der Waals surface area contributed by atoms with E-state index in [0.29, 0.717) is 40.7 Å². The molecule has 0 aliphatic rings. The van der Waals surface area contributed by atoms with Gasteiger partial charge in [-0.2, -0.15) is 0 Å². The molecule has 1 aromatic heterocycles. The molecule has 0 spiro atoms. The zero-order valence-electron chi connectivity index (χ0n) is 15.0. The van der Waals surface area contributed by atoms with Crippen LogP contribution in [0.1, 0.15) is 52.4 Å². The lowest BCUT2D eigenvalue weighted by Crippen LogP contribution is -2.41. The smallest absolute Gasteiger partial charge is 0.283 e. The van der Waals surface area contributed by atoms with E-state index in [4.69, 9.17) is 9.47 Å². The van der Waals surface area contributed by atoms with E-state index in [1.807, 2.05) is 6.92 Å². The molecular formula is C17H22N4O4S. The minimum absolute atomic E-state index is 0.336. The first-order valence-electron chi connectivity index (χ1n) is 8.33. The van der Waals surface area contributed by atoms with E-state index < -0.39 is 11.8 Å². The number of carbonyl (C=O) groups excluding carboxylic acids is 2. The molecule has 0 bridgehead atoms. The molecule has 8 nitrogen and oxygen atoms in total. The number of aromatic nitrogens is 2. The number of carbonyl (C=O) groups is 2. The molecule has 0 saturated heterocycles. The molecule has 1 aromatic carbocycles. The number of nitrogens with one attached hydrogen (secondary N) is 2. The Balaban J connectivity index is 1.99. The number of nitrogens with zero attached hydrogens (tertiary/aromatic N) is 2. The summed E-state index contributed by atoms with van der Waals surface area (Å²) in [5, 5.41) is 3.87. The fraction of sp³-hybridized carbons (Fsp3) is 0.412. The van der Waals surface area contributed by atoms with Crippen LogP contribution in [0.3, 0.4) is 0 Å². The highest BCUT2D eigenvalue weighted by Crippen LogP contribution is 2.28. The largest absolute Gasteiger partial charge is 0.493 e. The van der Waals surface area contributed by atoms with Crippen LogP contribution in [0.25, 0.3) is 0 Å². The van der Waals surface area contributed by atoms with Gasteiger partial charge in [0.1, 0.15) is 4.88 Å². The van der Waals surface area contributed by atoms with E-state index in [1.54, 1.807) is 18.2 Å². The molecule has 2 amide bonds. The maximum atomic E-state index is 12.3. The first kappa shape index (κ1) is 19.6. The van der Waals surface area contributed by atoms with Gasteiger partial charge >= 0.3 is 0 Å². The Morgan fingerprint density at radius 1 is 1.15 bits per heavy atom. The summed E-state index contributed by atoms with van der Waals surface area (Å²) < 4.78 is 14.7. The van der Waals surface area contributed by atoms with E-state index in [0.717, 1.165) is 24.4 Å². The van der Waals surface area contributed by atoms with Crippen molar-refractivity contribution in [2.45, 2.75) is 33.1 Å². The van der Waals surface area contributed by atoms with Gasteiger partial charge in [0, 0.05) is 5.56 Å². The van der Waals surface area contributed by atoms with Gasteiger partial charge in [0.05, 0.1) is 19.4 Å². The Labute approximate surface area is 156 Å². The maximum absolute atomic E-state index is 12.3. The molecule has 26 heavy (non-hydrogen) atoms. The summed E-state index contributed by atoms with van der Waals surface area (Å²) in [5.74, 6) is 0.119. The van der Waals surface area contributed by atoms with E-state index in [-0.39, 0.29) is 0 Å². The SMILES string of the molecule is CCCCOc1ccc(C(=O)NNC(=O)c2snnc2CC)cc1OC. The van der Waals surface area contributed by atoms with Crippen LogP contribution in [0, 0.1) is 0 Å². The van der Waals surface area contributed by atoms with Crippen molar-refractivity contribution in [1.29, 1.82) is 0 Å². The fourth-order valence-corrected chi connectivity index (χ4v) is 2.75. The lowest BCUT2D eigenvalue weighted by atomic mass is 10.2. The average molecular weight is 378 g/mol. The molecule has 2 N–H and O–H groups in total. The van der Waals surface area contributed by atoms with Gasteiger partial charge in [0.25, 0.3) is 11.8 Å². The standard InChI is InChI=1S/C17H22N4O4S/c1-4-6-9-25-13-8-7-11(10-14(13)24-3)16(22)19-20-17(23)15-12(5-2)18-21-26-15/h7-8,10H,4-6,9H2,1-3H3,(H,19,22)(H,20,23). The van der Waals surface area contributed by atoms with Crippen molar-refractivity contribution in [2.24, 2.45) is 0 Å². The molecule has 9 heteroatoms. The number of benzene rings is 1. The highest BCUT2D eigenvalue weighted by molar-refractivity contribution is 7.08. The molecule has 0 radical (unpaired) electrons. The summed E-state index contributed by atoms with van der Waals surface area (Å²) >= 11 is 0.986. The van der Waals surface area contributed by atoms with Crippen molar-refractivity contribution < 1.29 is 19.1 Å².